The number of aliphatic hydroxyl groups is 1. The largest absolute Gasteiger partial charge is 0.469 e. The molecule has 3 aromatic rings. The summed E-state index contributed by atoms with van der Waals surface area (Å²) in [6, 6.07) is 5.83. The Balaban J connectivity index is 2.26. The number of aliphatic hydroxyl groups excluding tert-OH is 1. The molecular formula is C20H27N5O3. The number of esters is 1. The van der Waals surface area contributed by atoms with Crippen molar-refractivity contribution >= 4 is 17.0 Å². The Morgan fingerprint density at radius 2 is 2.07 bits per heavy atom. The van der Waals surface area contributed by atoms with E-state index in [1.165, 1.54) is 7.11 Å². The number of carbonyl (C=O) groups is 1. The van der Waals surface area contributed by atoms with Crippen molar-refractivity contribution in [2.24, 2.45) is 12.5 Å². The van der Waals surface area contributed by atoms with Crippen LogP contribution in [0.3, 0.4) is 0 Å². The highest BCUT2D eigenvalue weighted by atomic mass is 16.5. The Morgan fingerprint density at radius 1 is 1.36 bits per heavy atom. The van der Waals surface area contributed by atoms with E-state index in [2.05, 4.69) is 15.4 Å². The van der Waals surface area contributed by atoms with E-state index in [0.717, 1.165) is 28.7 Å². The van der Waals surface area contributed by atoms with Crippen molar-refractivity contribution in [2.45, 2.75) is 46.8 Å². The van der Waals surface area contributed by atoms with Gasteiger partial charge in [-0.1, -0.05) is 11.3 Å². The Bertz CT molecular complexity index is 1020. The molecule has 3 rings (SSSR count). The quantitative estimate of drug-likeness (QED) is 0.654. The van der Waals surface area contributed by atoms with Crippen LogP contribution < -0.4 is 0 Å². The molecule has 0 radical (unpaired) electrons. The number of hydrogen-bond acceptors (Lipinski definition) is 6. The van der Waals surface area contributed by atoms with Crippen LogP contribution in [0.2, 0.25) is 0 Å². The third kappa shape index (κ3) is 3.07. The summed E-state index contributed by atoms with van der Waals surface area (Å²) in [6.07, 6.45) is 0. The number of fused-ring (bicyclic) bond motifs is 1. The van der Waals surface area contributed by atoms with Crippen molar-refractivity contribution in [3.63, 3.8) is 0 Å². The van der Waals surface area contributed by atoms with E-state index < -0.39 is 5.41 Å². The Labute approximate surface area is 164 Å². The normalized spacial score (nSPS) is 13.1. The summed E-state index contributed by atoms with van der Waals surface area (Å²) >= 11 is 0. The molecule has 0 aliphatic carbocycles. The van der Waals surface area contributed by atoms with Crippen LogP contribution in [0.4, 0.5) is 0 Å². The molecule has 1 aromatic carbocycles. The summed E-state index contributed by atoms with van der Waals surface area (Å²) in [5.74, 6) is -0.701. The Hall–Kier alpha value is -2.74. The second kappa shape index (κ2) is 7.35. The van der Waals surface area contributed by atoms with Crippen molar-refractivity contribution in [3.8, 4) is 0 Å². The fourth-order valence-electron chi connectivity index (χ4n) is 3.85. The van der Waals surface area contributed by atoms with Gasteiger partial charge >= 0.3 is 5.97 Å². The number of aryl methyl sites for hydroxylation is 3. The van der Waals surface area contributed by atoms with Gasteiger partial charge in [0.05, 0.1) is 36.0 Å². The van der Waals surface area contributed by atoms with Crippen molar-refractivity contribution in [1.29, 1.82) is 0 Å². The Morgan fingerprint density at radius 3 is 2.64 bits per heavy atom. The number of benzene rings is 1. The van der Waals surface area contributed by atoms with Crippen LogP contribution in [0, 0.1) is 12.3 Å². The fourth-order valence-corrected chi connectivity index (χ4v) is 3.85. The average molecular weight is 385 g/mol. The second-order valence-corrected chi connectivity index (χ2v) is 7.54. The molecule has 8 heteroatoms. The van der Waals surface area contributed by atoms with Gasteiger partial charge in [-0.05, 0) is 51.0 Å². The second-order valence-electron chi connectivity index (χ2n) is 7.54. The van der Waals surface area contributed by atoms with Gasteiger partial charge in [0.15, 0.2) is 0 Å². The summed E-state index contributed by atoms with van der Waals surface area (Å²) in [6.45, 7) is 8.31. The first-order valence-corrected chi connectivity index (χ1v) is 9.31. The van der Waals surface area contributed by atoms with E-state index in [0.29, 0.717) is 11.4 Å². The monoisotopic (exact) mass is 385 g/mol. The summed E-state index contributed by atoms with van der Waals surface area (Å²) in [7, 11) is 3.17. The smallest absolute Gasteiger partial charge is 0.312 e. The zero-order chi connectivity index (χ0) is 20.6. The standard InChI is InChI=1S/C20H27N5O3/c1-7-25-16-9-8-14(12(2)18(16)21-23-25)17(20(3,4)19(27)28-6)15-10-13(11-26)24(5)22-15/h8-10,17,26H,7,11H2,1-6H3/t17-/m1/s1. The first kappa shape index (κ1) is 20.0. The molecule has 1 N–H and O–H groups in total. The number of aromatic nitrogens is 5. The number of hydrogen-bond donors (Lipinski definition) is 1. The third-order valence-electron chi connectivity index (χ3n) is 5.48. The summed E-state index contributed by atoms with van der Waals surface area (Å²) in [4.78, 5) is 12.7. The lowest BCUT2D eigenvalue weighted by molar-refractivity contribution is -0.151. The van der Waals surface area contributed by atoms with E-state index in [4.69, 9.17) is 4.74 Å². The van der Waals surface area contributed by atoms with Gasteiger partial charge in [0, 0.05) is 19.5 Å². The van der Waals surface area contributed by atoms with Crippen LogP contribution in [-0.4, -0.2) is 43.0 Å². The molecule has 0 spiro atoms. The number of ether oxygens (including phenoxy) is 1. The van der Waals surface area contributed by atoms with Crippen molar-refractivity contribution in [3.05, 3.63) is 40.7 Å². The maximum absolute atomic E-state index is 12.7. The van der Waals surface area contributed by atoms with Gasteiger partial charge in [-0.3, -0.25) is 9.48 Å². The molecule has 0 amide bonds. The van der Waals surface area contributed by atoms with E-state index in [1.54, 1.807) is 11.7 Å². The van der Waals surface area contributed by atoms with Crippen LogP contribution in [0.15, 0.2) is 18.2 Å². The molecular weight excluding hydrogens is 358 g/mol. The van der Waals surface area contributed by atoms with Gasteiger partial charge in [-0.2, -0.15) is 5.10 Å². The SMILES string of the molecule is CCn1nnc2c(C)c([C@H](c3cc(CO)n(C)n3)C(C)(C)C(=O)OC)ccc21. The van der Waals surface area contributed by atoms with Crippen LogP contribution in [-0.2, 0) is 29.7 Å². The molecule has 150 valence electrons. The summed E-state index contributed by atoms with van der Waals surface area (Å²) in [5, 5.41) is 22.7. The van der Waals surface area contributed by atoms with Gasteiger partial charge in [-0.25, -0.2) is 4.68 Å². The minimum atomic E-state index is -0.880. The van der Waals surface area contributed by atoms with Crippen LogP contribution >= 0.6 is 0 Å². The number of carbonyl (C=O) groups excluding carboxylic acids is 1. The number of rotatable bonds is 6. The molecule has 0 bridgehead atoms. The Kier molecular flexibility index (Phi) is 5.25. The highest BCUT2D eigenvalue weighted by molar-refractivity contribution is 5.82. The molecule has 1 atom stereocenters. The highest BCUT2D eigenvalue weighted by Crippen LogP contribution is 2.43. The number of nitrogens with zero attached hydrogens (tertiary/aromatic N) is 5. The molecule has 28 heavy (non-hydrogen) atoms. The summed E-state index contributed by atoms with van der Waals surface area (Å²) < 4.78 is 8.58. The predicted molar refractivity (Wildman–Crippen MR) is 105 cm³/mol. The van der Waals surface area contributed by atoms with Gasteiger partial charge in [-0.15, -0.1) is 5.10 Å². The topological polar surface area (TPSA) is 95.1 Å². The molecule has 0 fully saturated rings. The fraction of sp³-hybridized carbons (Fsp3) is 0.500. The van der Waals surface area contributed by atoms with Gasteiger partial charge in [0.1, 0.15) is 5.52 Å². The van der Waals surface area contributed by atoms with Crippen LogP contribution in [0.5, 0.6) is 0 Å². The first-order valence-electron chi connectivity index (χ1n) is 9.31. The maximum Gasteiger partial charge on any atom is 0.312 e. The highest BCUT2D eigenvalue weighted by Gasteiger charge is 2.42. The molecule has 0 unspecified atom stereocenters. The summed E-state index contributed by atoms with van der Waals surface area (Å²) in [5.41, 5.74) is 4.15. The van der Waals surface area contributed by atoms with Crippen molar-refractivity contribution in [1.82, 2.24) is 24.8 Å². The van der Waals surface area contributed by atoms with Gasteiger partial charge in [0.2, 0.25) is 0 Å². The minimum absolute atomic E-state index is 0.127. The minimum Gasteiger partial charge on any atom is -0.469 e. The maximum atomic E-state index is 12.7. The predicted octanol–water partition coefficient (Wildman–Crippen LogP) is 2.32. The first-order chi connectivity index (χ1) is 13.3. The van der Waals surface area contributed by atoms with E-state index in [9.17, 15) is 9.90 Å². The zero-order valence-electron chi connectivity index (χ0n) is 17.2. The molecule has 0 aliphatic rings. The van der Waals surface area contributed by atoms with E-state index in [1.807, 2.05) is 50.6 Å². The van der Waals surface area contributed by atoms with Crippen molar-refractivity contribution in [2.75, 3.05) is 7.11 Å². The van der Waals surface area contributed by atoms with Crippen molar-refractivity contribution < 1.29 is 14.6 Å². The lowest BCUT2D eigenvalue weighted by Crippen LogP contribution is -2.34. The van der Waals surface area contributed by atoms with Crippen LogP contribution in [0.25, 0.3) is 11.0 Å². The molecule has 2 heterocycles. The van der Waals surface area contributed by atoms with Gasteiger partial charge < -0.3 is 9.84 Å². The molecule has 8 nitrogen and oxygen atoms in total. The molecule has 0 saturated heterocycles. The van der Waals surface area contributed by atoms with Gasteiger partial charge in [0.25, 0.3) is 0 Å². The van der Waals surface area contributed by atoms with E-state index in [-0.39, 0.29) is 18.5 Å². The zero-order valence-corrected chi connectivity index (χ0v) is 17.2. The molecule has 2 aromatic heterocycles. The van der Waals surface area contributed by atoms with Crippen LogP contribution in [0.1, 0.15) is 49.2 Å². The average Bonchev–Trinajstić information content (AvgIpc) is 3.26. The van der Waals surface area contributed by atoms with E-state index >= 15 is 0 Å². The third-order valence-corrected chi connectivity index (χ3v) is 5.48. The number of methoxy groups -OCH3 is 1. The molecule has 0 aliphatic heterocycles. The molecule has 0 saturated carbocycles. The lowest BCUT2D eigenvalue weighted by atomic mass is 9.71. The lowest BCUT2D eigenvalue weighted by Gasteiger charge is -2.32.